The minimum Gasteiger partial charge on any atom is -0.383 e. The SMILES string of the molecule is COCCN(C)S(=O)(=O)c1cccc(CNC2CC2)c1C. The molecular formula is C15H24N2O3S. The zero-order valence-electron chi connectivity index (χ0n) is 12.9. The molecule has 2 rings (SSSR count). The topological polar surface area (TPSA) is 58.6 Å². The van der Waals surface area contributed by atoms with Crippen LogP contribution in [0.25, 0.3) is 0 Å². The fraction of sp³-hybridized carbons (Fsp3) is 0.600. The molecular weight excluding hydrogens is 288 g/mol. The third kappa shape index (κ3) is 4.03. The molecule has 5 nitrogen and oxygen atoms in total. The van der Waals surface area contributed by atoms with Gasteiger partial charge in [-0.2, -0.15) is 4.31 Å². The van der Waals surface area contributed by atoms with Gasteiger partial charge in [0.1, 0.15) is 0 Å². The largest absolute Gasteiger partial charge is 0.383 e. The second kappa shape index (κ2) is 6.87. The quantitative estimate of drug-likeness (QED) is 0.790. The molecule has 0 saturated heterocycles. The fourth-order valence-corrected chi connectivity index (χ4v) is 3.60. The van der Waals surface area contributed by atoms with Crippen molar-refractivity contribution >= 4 is 10.0 Å². The van der Waals surface area contributed by atoms with Crippen LogP contribution in [0.1, 0.15) is 24.0 Å². The Bertz CT molecular complexity index is 583. The standard InChI is InChI=1S/C15H24N2O3S/c1-12-13(11-16-14-7-8-14)5-4-6-15(12)21(18,19)17(2)9-10-20-3/h4-6,14,16H,7-11H2,1-3H3. The van der Waals surface area contributed by atoms with Crippen LogP contribution in [0.4, 0.5) is 0 Å². The first-order valence-corrected chi connectivity index (χ1v) is 8.68. The van der Waals surface area contributed by atoms with Gasteiger partial charge < -0.3 is 10.1 Å². The van der Waals surface area contributed by atoms with Crippen LogP contribution in [-0.4, -0.2) is 46.1 Å². The second-order valence-electron chi connectivity index (χ2n) is 5.51. The third-order valence-corrected chi connectivity index (χ3v) is 5.85. The van der Waals surface area contributed by atoms with Crippen molar-refractivity contribution in [3.05, 3.63) is 29.3 Å². The third-order valence-electron chi connectivity index (χ3n) is 3.85. The summed E-state index contributed by atoms with van der Waals surface area (Å²) in [4.78, 5) is 0.385. The molecule has 1 fully saturated rings. The number of likely N-dealkylation sites (N-methyl/N-ethyl adjacent to an activating group) is 1. The van der Waals surface area contributed by atoms with E-state index >= 15 is 0 Å². The molecule has 0 unspecified atom stereocenters. The maximum absolute atomic E-state index is 12.6. The summed E-state index contributed by atoms with van der Waals surface area (Å²) in [5.41, 5.74) is 1.87. The van der Waals surface area contributed by atoms with Gasteiger partial charge in [0.2, 0.25) is 10.0 Å². The Balaban J connectivity index is 2.19. The number of rotatable bonds is 8. The molecule has 0 atom stereocenters. The van der Waals surface area contributed by atoms with Gasteiger partial charge in [0, 0.05) is 33.3 Å². The molecule has 1 N–H and O–H groups in total. The molecule has 0 aliphatic heterocycles. The lowest BCUT2D eigenvalue weighted by Crippen LogP contribution is -2.31. The number of hydrogen-bond donors (Lipinski definition) is 1. The number of ether oxygens (including phenoxy) is 1. The van der Waals surface area contributed by atoms with Crippen molar-refractivity contribution in [2.75, 3.05) is 27.3 Å². The van der Waals surface area contributed by atoms with E-state index in [0.717, 1.165) is 17.7 Å². The zero-order chi connectivity index (χ0) is 15.5. The van der Waals surface area contributed by atoms with E-state index in [1.165, 1.54) is 17.1 Å². The van der Waals surface area contributed by atoms with Crippen molar-refractivity contribution < 1.29 is 13.2 Å². The molecule has 1 aromatic rings. The first-order chi connectivity index (χ1) is 9.96. The van der Waals surface area contributed by atoms with Crippen LogP contribution in [-0.2, 0) is 21.3 Å². The Hall–Kier alpha value is -0.950. The van der Waals surface area contributed by atoms with Gasteiger partial charge in [0.05, 0.1) is 11.5 Å². The van der Waals surface area contributed by atoms with Crippen molar-refractivity contribution in [2.24, 2.45) is 0 Å². The molecule has 0 heterocycles. The van der Waals surface area contributed by atoms with Crippen LogP contribution < -0.4 is 5.32 Å². The molecule has 1 aromatic carbocycles. The predicted octanol–water partition coefficient (Wildman–Crippen LogP) is 1.51. The normalized spacial score (nSPS) is 15.6. The van der Waals surface area contributed by atoms with Gasteiger partial charge in [-0.15, -0.1) is 0 Å². The highest BCUT2D eigenvalue weighted by atomic mass is 32.2. The van der Waals surface area contributed by atoms with Crippen molar-refractivity contribution in [3.63, 3.8) is 0 Å². The number of sulfonamides is 1. The van der Waals surface area contributed by atoms with E-state index in [9.17, 15) is 8.42 Å². The lowest BCUT2D eigenvalue weighted by Gasteiger charge is -2.19. The number of nitrogens with one attached hydrogen (secondary N) is 1. The molecule has 21 heavy (non-hydrogen) atoms. The maximum Gasteiger partial charge on any atom is 0.243 e. The minimum absolute atomic E-state index is 0.350. The molecule has 0 amide bonds. The molecule has 118 valence electrons. The summed E-state index contributed by atoms with van der Waals surface area (Å²) in [5, 5.41) is 3.43. The van der Waals surface area contributed by atoms with Crippen LogP contribution in [0.3, 0.4) is 0 Å². The lowest BCUT2D eigenvalue weighted by atomic mass is 10.1. The highest BCUT2D eigenvalue weighted by Crippen LogP contribution is 2.24. The highest BCUT2D eigenvalue weighted by Gasteiger charge is 2.24. The Morgan fingerprint density at radius 1 is 1.38 bits per heavy atom. The monoisotopic (exact) mass is 312 g/mol. The smallest absolute Gasteiger partial charge is 0.243 e. The predicted molar refractivity (Wildman–Crippen MR) is 82.7 cm³/mol. The van der Waals surface area contributed by atoms with Gasteiger partial charge in [-0.25, -0.2) is 8.42 Å². The van der Waals surface area contributed by atoms with Crippen LogP contribution in [0.15, 0.2) is 23.1 Å². The second-order valence-corrected chi connectivity index (χ2v) is 7.53. The van der Waals surface area contributed by atoms with E-state index in [0.29, 0.717) is 24.1 Å². The van der Waals surface area contributed by atoms with Gasteiger partial charge >= 0.3 is 0 Å². The van der Waals surface area contributed by atoms with Crippen molar-refractivity contribution in [3.8, 4) is 0 Å². The first kappa shape index (κ1) is 16.4. The van der Waals surface area contributed by atoms with Crippen LogP contribution >= 0.6 is 0 Å². The first-order valence-electron chi connectivity index (χ1n) is 7.24. The number of nitrogens with zero attached hydrogens (tertiary/aromatic N) is 1. The fourth-order valence-electron chi connectivity index (χ4n) is 2.18. The number of hydrogen-bond acceptors (Lipinski definition) is 4. The van der Waals surface area contributed by atoms with E-state index in [1.54, 1.807) is 20.2 Å². The van der Waals surface area contributed by atoms with Crippen LogP contribution in [0.5, 0.6) is 0 Å². The summed E-state index contributed by atoms with van der Waals surface area (Å²) in [5.74, 6) is 0. The Labute approximate surface area is 127 Å². The Morgan fingerprint density at radius 3 is 2.71 bits per heavy atom. The Kier molecular flexibility index (Phi) is 5.37. The maximum atomic E-state index is 12.6. The number of benzene rings is 1. The molecule has 0 bridgehead atoms. The summed E-state index contributed by atoms with van der Waals surface area (Å²) < 4.78 is 31.5. The molecule has 1 saturated carbocycles. The van der Waals surface area contributed by atoms with Crippen molar-refractivity contribution in [1.82, 2.24) is 9.62 Å². The van der Waals surface area contributed by atoms with E-state index in [4.69, 9.17) is 4.74 Å². The van der Waals surface area contributed by atoms with Crippen molar-refractivity contribution in [1.29, 1.82) is 0 Å². The summed E-state index contributed by atoms with van der Waals surface area (Å²) in [7, 11) is -0.310. The van der Waals surface area contributed by atoms with Gasteiger partial charge in [0.25, 0.3) is 0 Å². The van der Waals surface area contributed by atoms with Gasteiger partial charge in [0.15, 0.2) is 0 Å². The van der Waals surface area contributed by atoms with Crippen LogP contribution in [0, 0.1) is 6.92 Å². The summed E-state index contributed by atoms with van der Waals surface area (Å²) in [6.45, 7) is 3.34. The van der Waals surface area contributed by atoms with Gasteiger partial charge in [-0.3, -0.25) is 0 Å². The Morgan fingerprint density at radius 2 is 2.10 bits per heavy atom. The van der Waals surface area contributed by atoms with E-state index in [2.05, 4.69) is 5.32 Å². The lowest BCUT2D eigenvalue weighted by molar-refractivity contribution is 0.185. The summed E-state index contributed by atoms with van der Waals surface area (Å²) in [6, 6.07) is 6.08. The molecule has 6 heteroatoms. The molecule has 0 spiro atoms. The van der Waals surface area contributed by atoms with Gasteiger partial charge in [-0.05, 0) is 37.0 Å². The highest BCUT2D eigenvalue weighted by molar-refractivity contribution is 7.89. The minimum atomic E-state index is -3.46. The molecule has 1 aliphatic carbocycles. The molecule has 0 radical (unpaired) electrons. The van der Waals surface area contributed by atoms with Crippen molar-refractivity contribution in [2.45, 2.75) is 37.2 Å². The zero-order valence-corrected chi connectivity index (χ0v) is 13.7. The molecule has 1 aliphatic rings. The molecule has 0 aromatic heterocycles. The van der Waals surface area contributed by atoms with E-state index in [-0.39, 0.29) is 0 Å². The average Bonchev–Trinajstić information content (AvgIpc) is 3.27. The summed E-state index contributed by atoms with van der Waals surface area (Å²) >= 11 is 0. The van der Waals surface area contributed by atoms with Gasteiger partial charge in [-0.1, -0.05) is 12.1 Å². The van der Waals surface area contributed by atoms with E-state index in [1.807, 2.05) is 19.1 Å². The summed E-state index contributed by atoms with van der Waals surface area (Å²) in [6.07, 6.45) is 2.44. The van der Waals surface area contributed by atoms with Crippen LogP contribution in [0.2, 0.25) is 0 Å². The number of methoxy groups -OCH3 is 1. The van der Waals surface area contributed by atoms with E-state index < -0.39 is 10.0 Å². The average molecular weight is 312 g/mol.